The third-order valence-corrected chi connectivity index (χ3v) is 9.40. The molecule has 0 N–H and O–H groups in total. The van der Waals surface area contributed by atoms with Crippen molar-refractivity contribution < 1.29 is 13.2 Å². The van der Waals surface area contributed by atoms with Crippen molar-refractivity contribution in [2.75, 3.05) is 24.5 Å². The second kappa shape index (κ2) is 10.1. The highest BCUT2D eigenvalue weighted by molar-refractivity contribution is 7.89. The van der Waals surface area contributed by atoms with Crippen molar-refractivity contribution in [3.05, 3.63) is 71.5 Å². The molecule has 8 nitrogen and oxygen atoms in total. The molecule has 0 radical (unpaired) electrons. The number of hydrogen-bond acceptors (Lipinski definition) is 6. The van der Waals surface area contributed by atoms with Gasteiger partial charge >= 0.3 is 0 Å². The van der Waals surface area contributed by atoms with Crippen LogP contribution in [0.15, 0.2) is 59.8 Å². The average Bonchev–Trinajstić information content (AvgIpc) is 3.55. The van der Waals surface area contributed by atoms with Crippen LogP contribution in [-0.4, -0.2) is 53.0 Å². The molecule has 1 aliphatic rings. The number of fused-ring (bicyclic) bond motifs is 1. The molecule has 2 aromatic heterocycles. The first-order valence-corrected chi connectivity index (χ1v) is 14.4. The maximum absolute atomic E-state index is 13.7. The molecule has 0 unspecified atom stereocenters. The van der Waals surface area contributed by atoms with E-state index in [2.05, 4.69) is 17.2 Å². The van der Waals surface area contributed by atoms with Gasteiger partial charge in [0.15, 0.2) is 5.13 Å². The van der Waals surface area contributed by atoms with Crippen molar-refractivity contribution in [2.24, 2.45) is 0 Å². The van der Waals surface area contributed by atoms with E-state index in [1.54, 1.807) is 27.9 Å². The van der Waals surface area contributed by atoms with Gasteiger partial charge in [-0.3, -0.25) is 14.4 Å². The molecule has 2 aromatic carbocycles. The van der Waals surface area contributed by atoms with E-state index in [0.29, 0.717) is 36.9 Å². The number of carbonyl (C=O) groups is 1. The Kier molecular flexibility index (Phi) is 6.92. The third-order valence-electron chi connectivity index (χ3n) is 6.46. The molecule has 188 valence electrons. The minimum atomic E-state index is -3.56. The van der Waals surface area contributed by atoms with Crippen LogP contribution < -0.4 is 4.90 Å². The molecule has 4 aromatic rings. The van der Waals surface area contributed by atoms with E-state index < -0.39 is 10.0 Å². The van der Waals surface area contributed by atoms with Crippen molar-refractivity contribution in [3.8, 4) is 0 Å². The van der Waals surface area contributed by atoms with Crippen LogP contribution in [0.5, 0.6) is 0 Å². The van der Waals surface area contributed by atoms with Gasteiger partial charge in [-0.05, 0) is 74.2 Å². The number of aromatic nitrogens is 3. The van der Waals surface area contributed by atoms with Crippen LogP contribution in [0.25, 0.3) is 10.2 Å². The molecule has 0 bridgehead atoms. The molecule has 1 aliphatic heterocycles. The van der Waals surface area contributed by atoms with Crippen molar-refractivity contribution in [2.45, 2.75) is 44.6 Å². The van der Waals surface area contributed by atoms with E-state index >= 15 is 0 Å². The Morgan fingerprint density at radius 2 is 1.83 bits per heavy atom. The fraction of sp³-hybridized carbons (Fsp3) is 0.346. The summed E-state index contributed by atoms with van der Waals surface area (Å²) in [7, 11) is -3.56. The van der Waals surface area contributed by atoms with Gasteiger partial charge in [-0.25, -0.2) is 13.4 Å². The van der Waals surface area contributed by atoms with Crippen molar-refractivity contribution in [1.82, 2.24) is 19.1 Å². The molecule has 1 fully saturated rings. The Labute approximate surface area is 215 Å². The van der Waals surface area contributed by atoms with Gasteiger partial charge in [-0.1, -0.05) is 23.8 Å². The molecule has 1 amide bonds. The normalized spacial score (nSPS) is 14.8. The van der Waals surface area contributed by atoms with Gasteiger partial charge in [0.2, 0.25) is 10.0 Å². The smallest absolute Gasteiger partial charge is 0.260 e. The van der Waals surface area contributed by atoms with Crippen LogP contribution >= 0.6 is 11.3 Å². The Bertz CT molecular complexity index is 1470. The number of thiazole rings is 1. The molecular weight excluding hydrogens is 494 g/mol. The average molecular weight is 524 g/mol. The number of nitrogens with zero attached hydrogens (tertiary/aromatic N) is 5. The van der Waals surface area contributed by atoms with Gasteiger partial charge in [-0.2, -0.15) is 9.40 Å². The maximum atomic E-state index is 13.7. The van der Waals surface area contributed by atoms with Crippen molar-refractivity contribution in [3.63, 3.8) is 0 Å². The van der Waals surface area contributed by atoms with Crippen LogP contribution in [0, 0.1) is 13.8 Å². The Hall–Kier alpha value is -3.08. The third kappa shape index (κ3) is 4.93. The highest BCUT2D eigenvalue weighted by Crippen LogP contribution is 2.32. The molecule has 0 aliphatic carbocycles. The van der Waals surface area contributed by atoms with Crippen molar-refractivity contribution in [1.29, 1.82) is 0 Å². The summed E-state index contributed by atoms with van der Waals surface area (Å²) in [6.07, 6.45) is 6.37. The van der Waals surface area contributed by atoms with Gasteiger partial charge in [0, 0.05) is 37.6 Å². The summed E-state index contributed by atoms with van der Waals surface area (Å²) in [6, 6.07) is 12.3. The van der Waals surface area contributed by atoms with Crippen LogP contribution in [0.2, 0.25) is 0 Å². The molecule has 5 rings (SSSR count). The minimum absolute atomic E-state index is 0.218. The first kappa shape index (κ1) is 24.6. The number of hydrogen-bond donors (Lipinski definition) is 0. The lowest BCUT2D eigenvalue weighted by molar-refractivity contribution is 0.0985. The van der Waals surface area contributed by atoms with Gasteiger partial charge in [0.05, 0.1) is 21.7 Å². The summed E-state index contributed by atoms with van der Waals surface area (Å²) >= 11 is 1.48. The Morgan fingerprint density at radius 1 is 1.08 bits per heavy atom. The summed E-state index contributed by atoms with van der Waals surface area (Å²) in [5.74, 6) is -0.225. The standard InChI is InChI=1S/C26H29N5O3S2/c1-19-17-20(2)24-23(18-19)35-26(28-24)31(16-15-29-12-6-11-27-29)25(32)21-7-9-22(10-8-21)36(33,34)30-13-4-3-5-14-30/h6-12,17-18H,3-5,13-16H2,1-2H3. The van der Waals surface area contributed by atoms with Gasteiger partial charge in [0.1, 0.15) is 0 Å². The minimum Gasteiger partial charge on any atom is -0.282 e. The Morgan fingerprint density at radius 3 is 2.53 bits per heavy atom. The fourth-order valence-corrected chi connectivity index (χ4v) is 7.26. The first-order chi connectivity index (χ1) is 17.3. The molecular formula is C26H29N5O3S2. The second-order valence-electron chi connectivity index (χ2n) is 9.14. The molecule has 3 heterocycles. The molecule has 1 saturated heterocycles. The number of piperidine rings is 1. The Balaban J connectivity index is 1.45. The van der Waals surface area contributed by atoms with Gasteiger partial charge in [0.25, 0.3) is 5.91 Å². The van der Waals surface area contributed by atoms with Crippen LogP contribution in [0.1, 0.15) is 40.7 Å². The number of carbonyl (C=O) groups excluding carboxylic acids is 1. The lowest BCUT2D eigenvalue weighted by atomic mass is 10.1. The molecule has 10 heteroatoms. The predicted octanol–water partition coefficient (Wildman–Crippen LogP) is 4.63. The van der Waals surface area contributed by atoms with E-state index in [1.165, 1.54) is 27.8 Å². The number of sulfonamides is 1. The molecule has 0 atom stereocenters. The topological polar surface area (TPSA) is 88.4 Å². The highest BCUT2D eigenvalue weighted by atomic mass is 32.2. The zero-order valence-electron chi connectivity index (χ0n) is 20.4. The number of anilines is 1. The number of rotatable bonds is 7. The summed E-state index contributed by atoms with van der Waals surface area (Å²) in [5.41, 5.74) is 3.52. The maximum Gasteiger partial charge on any atom is 0.260 e. The van der Waals surface area contributed by atoms with E-state index in [1.807, 2.05) is 26.1 Å². The second-order valence-corrected chi connectivity index (χ2v) is 12.1. The highest BCUT2D eigenvalue weighted by Gasteiger charge is 2.27. The summed E-state index contributed by atoms with van der Waals surface area (Å²) in [6.45, 7) is 6.05. The number of aryl methyl sites for hydroxylation is 2. The van der Waals surface area contributed by atoms with Crippen molar-refractivity contribution >= 4 is 42.6 Å². The van der Waals surface area contributed by atoms with Gasteiger partial charge in [-0.15, -0.1) is 0 Å². The zero-order valence-corrected chi connectivity index (χ0v) is 22.1. The summed E-state index contributed by atoms with van der Waals surface area (Å²) in [4.78, 5) is 20.4. The number of benzene rings is 2. The SMILES string of the molecule is Cc1cc(C)c2nc(N(CCn3cccn3)C(=O)c3ccc(S(=O)(=O)N4CCCCC4)cc3)sc2c1. The largest absolute Gasteiger partial charge is 0.282 e. The predicted molar refractivity (Wildman–Crippen MR) is 142 cm³/mol. The molecule has 36 heavy (non-hydrogen) atoms. The number of amides is 1. The lowest BCUT2D eigenvalue weighted by Crippen LogP contribution is -2.36. The van der Waals surface area contributed by atoms with Gasteiger partial charge < -0.3 is 0 Å². The van der Waals surface area contributed by atoms with Crippen LogP contribution in [0.4, 0.5) is 5.13 Å². The van der Waals surface area contributed by atoms with Crippen LogP contribution in [0.3, 0.4) is 0 Å². The summed E-state index contributed by atoms with van der Waals surface area (Å²) in [5, 5.41) is 4.87. The van der Waals surface area contributed by atoms with E-state index in [9.17, 15) is 13.2 Å². The molecule has 0 saturated carbocycles. The van der Waals surface area contributed by atoms with E-state index in [4.69, 9.17) is 4.98 Å². The lowest BCUT2D eigenvalue weighted by Gasteiger charge is -2.26. The molecule has 0 spiro atoms. The van der Waals surface area contributed by atoms with Crippen LogP contribution in [-0.2, 0) is 16.6 Å². The summed E-state index contributed by atoms with van der Waals surface area (Å²) < 4.78 is 30.4. The van der Waals surface area contributed by atoms with E-state index in [0.717, 1.165) is 40.6 Å². The van der Waals surface area contributed by atoms with E-state index in [-0.39, 0.29) is 10.8 Å². The zero-order chi connectivity index (χ0) is 25.3. The quantitative estimate of drug-likeness (QED) is 0.352. The monoisotopic (exact) mass is 523 g/mol. The first-order valence-electron chi connectivity index (χ1n) is 12.1. The fourth-order valence-electron chi connectivity index (χ4n) is 4.57.